The number of esters is 1. The highest BCUT2D eigenvalue weighted by atomic mass is 35.5. The van der Waals surface area contributed by atoms with Crippen molar-refractivity contribution in [1.29, 1.82) is 0 Å². The number of ether oxygens (including phenoxy) is 1. The predicted molar refractivity (Wildman–Crippen MR) is 46.1 cm³/mol. The molecule has 1 saturated carbocycles. The molecule has 0 N–H and O–H groups in total. The molecular formula is C9H13ClO2. The summed E-state index contributed by atoms with van der Waals surface area (Å²) in [5.41, 5.74) is 0.0295. The van der Waals surface area contributed by atoms with E-state index in [4.69, 9.17) is 16.3 Å². The number of hydrogen-bond acceptors (Lipinski definition) is 2. The Balaban J connectivity index is 2.22. The lowest BCUT2D eigenvalue weighted by Gasteiger charge is -2.36. The summed E-state index contributed by atoms with van der Waals surface area (Å²) in [6.07, 6.45) is 3.71. The molecule has 12 heavy (non-hydrogen) atoms. The Morgan fingerprint density at radius 3 is 3.08 bits per heavy atom. The van der Waals surface area contributed by atoms with Crippen molar-refractivity contribution in [2.24, 2.45) is 5.41 Å². The van der Waals surface area contributed by atoms with E-state index in [2.05, 4.69) is 6.92 Å². The SMILES string of the molecule is CC12CCCC(Cl)C1OC(=O)C2. The Morgan fingerprint density at radius 2 is 2.42 bits per heavy atom. The quantitative estimate of drug-likeness (QED) is 0.430. The fourth-order valence-electron chi connectivity index (χ4n) is 2.35. The number of hydrogen-bond donors (Lipinski definition) is 0. The fourth-order valence-corrected chi connectivity index (χ4v) is 2.86. The van der Waals surface area contributed by atoms with Crippen LogP contribution in [0.3, 0.4) is 0 Å². The molecule has 1 aliphatic carbocycles. The minimum atomic E-state index is -0.0740. The van der Waals surface area contributed by atoms with Crippen LogP contribution in [0, 0.1) is 5.41 Å². The Hall–Kier alpha value is -0.240. The van der Waals surface area contributed by atoms with Gasteiger partial charge in [0, 0.05) is 5.41 Å². The van der Waals surface area contributed by atoms with Crippen LogP contribution in [0.5, 0.6) is 0 Å². The van der Waals surface area contributed by atoms with Crippen LogP contribution in [0.2, 0.25) is 0 Å². The molecule has 3 heteroatoms. The van der Waals surface area contributed by atoms with E-state index in [9.17, 15) is 4.79 Å². The summed E-state index contributed by atoms with van der Waals surface area (Å²) in [6, 6.07) is 0. The zero-order valence-electron chi connectivity index (χ0n) is 7.18. The van der Waals surface area contributed by atoms with Crippen molar-refractivity contribution in [1.82, 2.24) is 0 Å². The number of alkyl halides is 1. The first-order valence-corrected chi connectivity index (χ1v) is 4.89. The van der Waals surface area contributed by atoms with Crippen LogP contribution < -0.4 is 0 Å². The molecule has 0 amide bonds. The van der Waals surface area contributed by atoms with Crippen LogP contribution in [-0.2, 0) is 9.53 Å². The third-order valence-electron chi connectivity index (χ3n) is 3.05. The van der Waals surface area contributed by atoms with Gasteiger partial charge in [0.1, 0.15) is 6.10 Å². The average molecular weight is 189 g/mol. The molecule has 1 heterocycles. The maximum Gasteiger partial charge on any atom is 0.306 e. The zero-order chi connectivity index (χ0) is 8.77. The molecule has 3 unspecified atom stereocenters. The predicted octanol–water partition coefficient (Wildman–Crippen LogP) is 2.10. The lowest BCUT2D eigenvalue weighted by molar-refractivity contribution is -0.142. The minimum absolute atomic E-state index is 0.0274. The summed E-state index contributed by atoms with van der Waals surface area (Å²) in [6.45, 7) is 2.11. The van der Waals surface area contributed by atoms with Gasteiger partial charge in [0.2, 0.25) is 0 Å². The summed E-state index contributed by atoms with van der Waals surface area (Å²) in [7, 11) is 0. The van der Waals surface area contributed by atoms with Crippen LogP contribution in [-0.4, -0.2) is 17.5 Å². The van der Waals surface area contributed by atoms with Gasteiger partial charge in [-0.3, -0.25) is 4.79 Å². The van der Waals surface area contributed by atoms with Crippen molar-refractivity contribution < 1.29 is 9.53 Å². The van der Waals surface area contributed by atoms with Gasteiger partial charge in [-0.05, 0) is 12.8 Å². The monoisotopic (exact) mass is 188 g/mol. The molecule has 0 spiro atoms. The largest absolute Gasteiger partial charge is 0.460 e. The second-order valence-corrected chi connectivity index (χ2v) is 4.71. The van der Waals surface area contributed by atoms with E-state index < -0.39 is 0 Å². The van der Waals surface area contributed by atoms with Crippen LogP contribution >= 0.6 is 11.6 Å². The Bertz CT molecular complexity index is 217. The lowest BCUT2D eigenvalue weighted by Crippen LogP contribution is -2.39. The highest BCUT2D eigenvalue weighted by Crippen LogP contribution is 2.47. The molecule has 2 rings (SSSR count). The maximum atomic E-state index is 11.1. The molecule has 0 bridgehead atoms. The molecule has 0 aromatic rings. The smallest absolute Gasteiger partial charge is 0.306 e. The normalized spacial score (nSPS) is 47.0. The summed E-state index contributed by atoms with van der Waals surface area (Å²) >= 11 is 6.10. The van der Waals surface area contributed by atoms with Crippen molar-refractivity contribution in [2.75, 3.05) is 0 Å². The van der Waals surface area contributed by atoms with Crippen LogP contribution in [0.15, 0.2) is 0 Å². The molecule has 0 aromatic heterocycles. The summed E-state index contributed by atoms with van der Waals surface area (Å²) < 4.78 is 5.21. The number of fused-ring (bicyclic) bond motifs is 1. The van der Waals surface area contributed by atoms with Crippen molar-refractivity contribution in [3.63, 3.8) is 0 Å². The second kappa shape index (κ2) is 2.63. The first kappa shape index (κ1) is 8.36. The highest BCUT2D eigenvalue weighted by Gasteiger charge is 2.50. The van der Waals surface area contributed by atoms with Crippen molar-refractivity contribution >= 4 is 17.6 Å². The molecule has 1 saturated heterocycles. The number of rotatable bonds is 0. The first-order valence-electron chi connectivity index (χ1n) is 4.45. The van der Waals surface area contributed by atoms with Gasteiger partial charge in [-0.25, -0.2) is 0 Å². The molecule has 0 radical (unpaired) electrons. The van der Waals surface area contributed by atoms with Crippen LogP contribution in [0.4, 0.5) is 0 Å². The summed E-state index contributed by atoms with van der Waals surface area (Å²) in [5, 5.41) is 0.0372. The third-order valence-corrected chi connectivity index (χ3v) is 3.50. The highest BCUT2D eigenvalue weighted by molar-refractivity contribution is 6.21. The Labute approximate surface area is 77.2 Å². The summed E-state index contributed by atoms with van der Waals surface area (Å²) in [4.78, 5) is 11.1. The first-order chi connectivity index (χ1) is 5.62. The molecule has 2 nitrogen and oxygen atoms in total. The van der Waals surface area contributed by atoms with Gasteiger partial charge < -0.3 is 4.74 Å². The van der Waals surface area contributed by atoms with Gasteiger partial charge >= 0.3 is 5.97 Å². The van der Waals surface area contributed by atoms with E-state index >= 15 is 0 Å². The van der Waals surface area contributed by atoms with E-state index in [-0.39, 0.29) is 22.9 Å². The van der Waals surface area contributed by atoms with Gasteiger partial charge in [0.25, 0.3) is 0 Å². The summed E-state index contributed by atoms with van der Waals surface area (Å²) in [5.74, 6) is -0.0740. The molecule has 68 valence electrons. The third kappa shape index (κ3) is 1.13. The maximum absolute atomic E-state index is 11.1. The van der Waals surface area contributed by atoms with E-state index in [1.807, 2.05) is 0 Å². The van der Waals surface area contributed by atoms with Gasteiger partial charge in [0.15, 0.2) is 0 Å². The number of carbonyl (C=O) groups excluding carboxylic acids is 1. The topological polar surface area (TPSA) is 26.3 Å². The minimum Gasteiger partial charge on any atom is -0.460 e. The van der Waals surface area contributed by atoms with Gasteiger partial charge in [-0.1, -0.05) is 13.3 Å². The van der Waals surface area contributed by atoms with Gasteiger partial charge in [-0.15, -0.1) is 11.6 Å². The molecule has 2 aliphatic rings. The fraction of sp³-hybridized carbons (Fsp3) is 0.889. The number of carbonyl (C=O) groups is 1. The van der Waals surface area contributed by atoms with Crippen molar-refractivity contribution in [3.8, 4) is 0 Å². The van der Waals surface area contributed by atoms with E-state index in [1.165, 1.54) is 0 Å². The zero-order valence-corrected chi connectivity index (χ0v) is 7.93. The number of halogens is 1. The van der Waals surface area contributed by atoms with E-state index in [0.717, 1.165) is 19.3 Å². The van der Waals surface area contributed by atoms with E-state index in [0.29, 0.717) is 6.42 Å². The second-order valence-electron chi connectivity index (χ2n) is 4.15. The van der Waals surface area contributed by atoms with Gasteiger partial charge in [-0.2, -0.15) is 0 Å². The van der Waals surface area contributed by atoms with Crippen molar-refractivity contribution in [3.05, 3.63) is 0 Å². The van der Waals surface area contributed by atoms with Crippen LogP contribution in [0.1, 0.15) is 32.6 Å². The van der Waals surface area contributed by atoms with Crippen LogP contribution in [0.25, 0.3) is 0 Å². The van der Waals surface area contributed by atoms with Gasteiger partial charge in [0.05, 0.1) is 11.8 Å². The van der Waals surface area contributed by atoms with E-state index in [1.54, 1.807) is 0 Å². The molecular weight excluding hydrogens is 176 g/mol. The standard InChI is InChI=1S/C9H13ClO2/c1-9-4-2-3-6(10)8(9)12-7(11)5-9/h6,8H,2-5H2,1H3. The lowest BCUT2D eigenvalue weighted by atomic mass is 9.73. The Kier molecular flexibility index (Phi) is 1.83. The molecule has 2 fully saturated rings. The molecule has 3 atom stereocenters. The molecule has 1 aliphatic heterocycles. The Morgan fingerprint density at radius 1 is 1.67 bits per heavy atom. The molecule has 0 aromatic carbocycles. The van der Waals surface area contributed by atoms with Crippen molar-refractivity contribution in [2.45, 2.75) is 44.1 Å². The average Bonchev–Trinajstić information content (AvgIpc) is 2.26.